The van der Waals surface area contributed by atoms with E-state index in [1.807, 2.05) is 0 Å². The lowest BCUT2D eigenvalue weighted by Crippen LogP contribution is -2.45. The standard InChI is InChI=1S/C17H16F3N5O2.C2HF3O2/c1-9-2-3-11(16(27,8-26)17(18,19)20)4-12(9)13-7-22-15(21)14(25-13)10-5-23-24-6-10;3-2(4,5)1(6)7/h2-7,26-27H,8H2,1H3,(H2,21,22)(H,23,24);(H,6,7). The van der Waals surface area contributed by atoms with Gasteiger partial charge in [-0.3, -0.25) is 5.10 Å². The Morgan fingerprint density at radius 3 is 2.24 bits per heavy atom. The van der Waals surface area contributed by atoms with E-state index in [-0.39, 0.29) is 11.5 Å². The normalized spacial score (nSPS) is 13.6. The van der Waals surface area contributed by atoms with Gasteiger partial charge in [0.25, 0.3) is 0 Å². The number of carboxylic acid groups (broad SMARTS) is 1. The summed E-state index contributed by atoms with van der Waals surface area (Å²) in [7, 11) is 0. The highest BCUT2D eigenvalue weighted by molar-refractivity contribution is 5.74. The highest BCUT2D eigenvalue weighted by Gasteiger charge is 2.54. The highest BCUT2D eigenvalue weighted by atomic mass is 19.4. The first-order valence-electron chi connectivity index (χ1n) is 9.05. The molecular formula is C19H17F6N5O4. The molecule has 0 aliphatic heterocycles. The van der Waals surface area contributed by atoms with Crippen molar-refractivity contribution in [3.05, 3.63) is 47.9 Å². The van der Waals surface area contributed by atoms with E-state index in [1.54, 1.807) is 13.1 Å². The van der Waals surface area contributed by atoms with Crippen molar-refractivity contribution in [3.8, 4) is 22.5 Å². The van der Waals surface area contributed by atoms with E-state index in [4.69, 9.17) is 15.6 Å². The number of anilines is 1. The van der Waals surface area contributed by atoms with E-state index < -0.39 is 36.1 Å². The van der Waals surface area contributed by atoms with Crippen molar-refractivity contribution < 1.29 is 46.5 Å². The number of H-pyrrole nitrogens is 1. The van der Waals surface area contributed by atoms with Crippen LogP contribution in [0.25, 0.3) is 22.5 Å². The van der Waals surface area contributed by atoms with Gasteiger partial charge in [0.15, 0.2) is 0 Å². The molecule has 0 aliphatic rings. The van der Waals surface area contributed by atoms with Crippen molar-refractivity contribution in [2.45, 2.75) is 24.9 Å². The Bertz CT molecular complexity index is 1150. The average Bonchev–Trinajstić information content (AvgIpc) is 3.27. The van der Waals surface area contributed by atoms with Gasteiger partial charge < -0.3 is 21.1 Å². The Hall–Kier alpha value is -3.72. The molecule has 0 saturated carbocycles. The Kier molecular flexibility index (Phi) is 7.52. The lowest BCUT2D eigenvalue weighted by Gasteiger charge is -2.29. The third-order valence-corrected chi connectivity index (χ3v) is 4.50. The quantitative estimate of drug-likeness (QED) is 0.347. The van der Waals surface area contributed by atoms with E-state index in [0.29, 0.717) is 22.4 Å². The molecule has 1 unspecified atom stereocenters. The van der Waals surface area contributed by atoms with Crippen molar-refractivity contribution in [1.82, 2.24) is 20.2 Å². The number of halogens is 6. The molecule has 0 spiro atoms. The Labute approximate surface area is 186 Å². The van der Waals surface area contributed by atoms with Crippen LogP contribution in [0.2, 0.25) is 0 Å². The SMILES string of the molecule is Cc1ccc(C(O)(CO)C(F)(F)F)cc1-c1cnc(N)c(-c2cn[nH]c2)n1.O=C(O)C(F)(F)F. The van der Waals surface area contributed by atoms with E-state index >= 15 is 0 Å². The van der Waals surface area contributed by atoms with Gasteiger partial charge >= 0.3 is 18.3 Å². The number of hydrogen-bond acceptors (Lipinski definition) is 7. The van der Waals surface area contributed by atoms with Gasteiger partial charge in [-0.15, -0.1) is 0 Å². The van der Waals surface area contributed by atoms with Gasteiger partial charge in [0.2, 0.25) is 5.60 Å². The fraction of sp³-hybridized carbons (Fsp3) is 0.263. The predicted molar refractivity (Wildman–Crippen MR) is 105 cm³/mol. The molecule has 9 nitrogen and oxygen atoms in total. The predicted octanol–water partition coefficient (Wildman–Crippen LogP) is 2.80. The zero-order chi connectivity index (χ0) is 25.9. The minimum absolute atomic E-state index is 0.135. The summed E-state index contributed by atoms with van der Waals surface area (Å²) < 4.78 is 71.5. The van der Waals surface area contributed by atoms with Crippen LogP contribution in [0.5, 0.6) is 0 Å². The molecule has 34 heavy (non-hydrogen) atoms. The van der Waals surface area contributed by atoms with Crippen LogP contribution < -0.4 is 5.73 Å². The van der Waals surface area contributed by atoms with Gasteiger partial charge in [0, 0.05) is 17.3 Å². The van der Waals surface area contributed by atoms with Gasteiger partial charge in [0.1, 0.15) is 11.5 Å². The molecular weight excluding hydrogens is 476 g/mol. The fourth-order valence-corrected chi connectivity index (χ4v) is 2.62. The molecule has 1 aromatic carbocycles. The molecule has 2 heterocycles. The second kappa shape index (κ2) is 9.64. The largest absolute Gasteiger partial charge is 0.490 e. The van der Waals surface area contributed by atoms with Crippen molar-refractivity contribution in [1.29, 1.82) is 0 Å². The van der Waals surface area contributed by atoms with Crippen LogP contribution >= 0.6 is 0 Å². The van der Waals surface area contributed by atoms with Crippen LogP contribution in [0, 0.1) is 6.92 Å². The summed E-state index contributed by atoms with van der Waals surface area (Å²) in [4.78, 5) is 17.3. The van der Waals surface area contributed by atoms with E-state index in [0.717, 1.165) is 12.1 Å². The second-order valence-electron chi connectivity index (χ2n) is 6.82. The number of aromatic nitrogens is 4. The molecule has 0 saturated heterocycles. The lowest BCUT2D eigenvalue weighted by molar-refractivity contribution is -0.277. The molecule has 1 atom stereocenters. The molecule has 0 radical (unpaired) electrons. The number of nitrogens with two attached hydrogens (primary N) is 1. The van der Waals surface area contributed by atoms with Crippen LogP contribution in [0.4, 0.5) is 32.2 Å². The average molecular weight is 493 g/mol. The van der Waals surface area contributed by atoms with Crippen LogP contribution in [0.1, 0.15) is 11.1 Å². The maximum absolute atomic E-state index is 13.3. The smallest absolute Gasteiger partial charge is 0.475 e. The topological polar surface area (TPSA) is 158 Å². The Morgan fingerprint density at radius 2 is 1.76 bits per heavy atom. The highest BCUT2D eigenvalue weighted by Crippen LogP contribution is 2.40. The van der Waals surface area contributed by atoms with Crippen LogP contribution in [0.3, 0.4) is 0 Å². The molecule has 15 heteroatoms. The molecule has 0 fully saturated rings. The van der Waals surface area contributed by atoms with Crippen molar-refractivity contribution in [2.24, 2.45) is 0 Å². The number of nitrogens with zero attached hydrogens (tertiary/aromatic N) is 3. The minimum atomic E-state index is -5.08. The summed E-state index contributed by atoms with van der Waals surface area (Å²) in [5, 5.41) is 32.7. The number of aromatic amines is 1. The number of aryl methyl sites for hydroxylation is 1. The molecule has 3 aromatic rings. The number of aliphatic hydroxyl groups excluding tert-OH is 1. The number of nitrogen functional groups attached to an aromatic ring is 1. The van der Waals surface area contributed by atoms with E-state index in [2.05, 4.69) is 20.2 Å². The summed E-state index contributed by atoms with van der Waals surface area (Å²) >= 11 is 0. The summed E-state index contributed by atoms with van der Waals surface area (Å²) in [6, 6.07) is 3.66. The Morgan fingerprint density at radius 1 is 1.15 bits per heavy atom. The molecule has 2 aromatic heterocycles. The van der Waals surface area contributed by atoms with Crippen LogP contribution in [-0.2, 0) is 10.4 Å². The van der Waals surface area contributed by atoms with Gasteiger partial charge in [-0.2, -0.15) is 31.4 Å². The molecule has 0 amide bonds. The van der Waals surface area contributed by atoms with Crippen LogP contribution in [-0.4, -0.2) is 60.4 Å². The summed E-state index contributed by atoms with van der Waals surface area (Å²) in [6.07, 6.45) is -5.76. The summed E-state index contributed by atoms with van der Waals surface area (Å²) in [5.41, 5.74) is 4.04. The zero-order valence-corrected chi connectivity index (χ0v) is 17.1. The van der Waals surface area contributed by atoms with Crippen molar-refractivity contribution >= 4 is 11.8 Å². The maximum atomic E-state index is 13.3. The fourth-order valence-electron chi connectivity index (χ4n) is 2.62. The second-order valence-corrected chi connectivity index (χ2v) is 6.82. The number of aliphatic carboxylic acids is 1. The van der Waals surface area contributed by atoms with Gasteiger partial charge in [-0.1, -0.05) is 12.1 Å². The van der Waals surface area contributed by atoms with E-state index in [1.165, 1.54) is 18.5 Å². The molecule has 3 rings (SSSR count). The lowest BCUT2D eigenvalue weighted by atomic mass is 9.90. The molecule has 0 bridgehead atoms. The first kappa shape index (κ1) is 26.5. The number of hydrogen-bond donors (Lipinski definition) is 5. The monoisotopic (exact) mass is 493 g/mol. The molecule has 184 valence electrons. The number of benzene rings is 1. The number of carbonyl (C=O) groups is 1. The number of alkyl halides is 6. The van der Waals surface area contributed by atoms with Crippen LogP contribution in [0.15, 0.2) is 36.8 Å². The maximum Gasteiger partial charge on any atom is 0.490 e. The zero-order valence-electron chi connectivity index (χ0n) is 17.1. The summed E-state index contributed by atoms with van der Waals surface area (Å²) in [6.45, 7) is 0.174. The third kappa shape index (κ3) is 5.60. The van der Waals surface area contributed by atoms with E-state index in [9.17, 15) is 36.6 Å². The van der Waals surface area contributed by atoms with Crippen molar-refractivity contribution in [3.63, 3.8) is 0 Å². The van der Waals surface area contributed by atoms with Gasteiger partial charge in [-0.25, -0.2) is 14.8 Å². The summed E-state index contributed by atoms with van der Waals surface area (Å²) in [5.74, 6) is -2.62. The number of rotatable bonds is 4. The number of nitrogens with one attached hydrogen (secondary N) is 1. The van der Waals surface area contributed by atoms with Gasteiger partial charge in [0.05, 0.1) is 24.7 Å². The van der Waals surface area contributed by atoms with Gasteiger partial charge in [-0.05, 0) is 24.1 Å². The molecule has 0 aliphatic carbocycles. The first-order valence-corrected chi connectivity index (χ1v) is 9.05. The first-order chi connectivity index (χ1) is 15.6. The number of carboxylic acids is 1. The minimum Gasteiger partial charge on any atom is -0.475 e. The van der Waals surface area contributed by atoms with Crippen molar-refractivity contribution in [2.75, 3.05) is 12.3 Å². The third-order valence-electron chi connectivity index (χ3n) is 4.50. The molecule has 6 N–H and O–H groups in total. The number of aliphatic hydroxyl groups is 2. The Balaban J connectivity index is 0.000000509.